The Balaban J connectivity index is 1.73. The first kappa shape index (κ1) is 16.7. The van der Waals surface area contributed by atoms with Crippen LogP contribution >= 0.6 is 27.5 Å². The van der Waals surface area contributed by atoms with Crippen molar-refractivity contribution >= 4 is 33.4 Å². The van der Waals surface area contributed by atoms with E-state index in [1.807, 2.05) is 24.3 Å². The van der Waals surface area contributed by atoms with Gasteiger partial charge in [-0.05, 0) is 30.3 Å². The normalized spacial score (nSPS) is 10.6. The zero-order valence-electron chi connectivity index (χ0n) is 12.7. The summed E-state index contributed by atoms with van der Waals surface area (Å²) in [6.45, 7) is 0.215. The highest BCUT2D eigenvalue weighted by Crippen LogP contribution is 2.21. The second-order valence-electron chi connectivity index (χ2n) is 5.19. The number of nitrogens with zero attached hydrogens (tertiary/aromatic N) is 3. The molecule has 1 aromatic heterocycles. The number of rotatable bonds is 4. The minimum atomic E-state index is -0.167. The quantitative estimate of drug-likeness (QED) is 0.643. The van der Waals surface area contributed by atoms with Crippen LogP contribution in [0.2, 0.25) is 5.02 Å². The lowest BCUT2D eigenvalue weighted by molar-refractivity contribution is 0.0769. The zero-order chi connectivity index (χ0) is 17.1. The molecule has 0 saturated heterocycles. The molecule has 0 aliphatic carbocycles. The van der Waals surface area contributed by atoms with Gasteiger partial charge in [0.05, 0.1) is 6.54 Å². The summed E-state index contributed by atoms with van der Waals surface area (Å²) in [5, 5.41) is 4.48. The van der Waals surface area contributed by atoms with E-state index < -0.39 is 0 Å². The average Bonchev–Trinajstić information content (AvgIpc) is 3.02. The summed E-state index contributed by atoms with van der Waals surface area (Å²) < 4.78 is 6.17. The monoisotopic (exact) mass is 405 g/mol. The van der Waals surface area contributed by atoms with Gasteiger partial charge in [0.25, 0.3) is 5.91 Å². The lowest BCUT2D eigenvalue weighted by atomic mass is 10.2. The molecular formula is C17H13BrClN3O2. The van der Waals surface area contributed by atoms with Crippen LogP contribution in [0.25, 0.3) is 11.4 Å². The molecule has 2 aromatic carbocycles. The maximum Gasteiger partial charge on any atom is 0.254 e. The van der Waals surface area contributed by atoms with Crippen molar-refractivity contribution in [1.82, 2.24) is 15.0 Å². The number of carbonyl (C=O) groups is 1. The lowest BCUT2D eigenvalue weighted by Crippen LogP contribution is -2.26. The van der Waals surface area contributed by atoms with Crippen molar-refractivity contribution in [2.45, 2.75) is 6.54 Å². The summed E-state index contributed by atoms with van der Waals surface area (Å²) in [4.78, 5) is 18.2. The molecule has 3 rings (SSSR count). The molecule has 24 heavy (non-hydrogen) atoms. The molecule has 3 aromatic rings. The predicted octanol–water partition coefficient (Wildman–Crippen LogP) is 4.42. The van der Waals surface area contributed by atoms with E-state index in [0.29, 0.717) is 22.3 Å². The first-order valence-electron chi connectivity index (χ1n) is 7.12. The summed E-state index contributed by atoms with van der Waals surface area (Å²) in [6, 6.07) is 14.4. The van der Waals surface area contributed by atoms with Gasteiger partial charge in [-0.25, -0.2) is 0 Å². The number of hydrogen-bond donors (Lipinski definition) is 0. The molecule has 0 spiro atoms. The minimum Gasteiger partial charge on any atom is -0.337 e. The third-order valence-electron chi connectivity index (χ3n) is 3.34. The SMILES string of the molecule is CN(Cc1nc(-c2cccc(Br)c2)no1)C(=O)c1cccc(Cl)c1. The summed E-state index contributed by atoms with van der Waals surface area (Å²) in [6.07, 6.45) is 0. The first-order chi connectivity index (χ1) is 11.5. The van der Waals surface area contributed by atoms with Crippen molar-refractivity contribution in [2.24, 2.45) is 0 Å². The topological polar surface area (TPSA) is 59.2 Å². The van der Waals surface area contributed by atoms with Crippen LogP contribution in [0.1, 0.15) is 16.2 Å². The second kappa shape index (κ2) is 7.15. The number of halogens is 2. The molecule has 0 fully saturated rings. The van der Waals surface area contributed by atoms with Crippen LogP contribution in [0.3, 0.4) is 0 Å². The third-order valence-corrected chi connectivity index (χ3v) is 4.07. The molecule has 0 bridgehead atoms. The van der Waals surface area contributed by atoms with Crippen LogP contribution < -0.4 is 0 Å². The largest absolute Gasteiger partial charge is 0.337 e. The fraction of sp³-hybridized carbons (Fsp3) is 0.118. The van der Waals surface area contributed by atoms with Crippen LogP contribution in [0, 0.1) is 0 Å². The van der Waals surface area contributed by atoms with Crippen molar-refractivity contribution < 1.29 is 9.32 Å². The minimum absolute atomic E-state index is 0.167. The summed E-state index contributed by atoms with van der Waals surface area (Å²) >= 11 is 9.33. The highest BCUT2D eigenvalue weighted by molar-refractivity contribution is 9.10. The van der Waals surface area contributed by atoms with E-state index in [0.717, 1.165) is 10.0 Å². The zero-order valence-corrected chi connectivity index (χ0v) is 15.1. The molecule has 0 aliphatic heterocycles. The molecule has 0 radical (unpaired) electrons. The highest BCUT2D eigenvalue weighted by Gasteiger charge is 2.16. The average molecular weight is 407 g/mol. The van der Waals surface area contributed by atoms with Crippen LogP contribution in [0.5, 0.6) is 0 Å². The molecule has 0 aliphatic rings. The van der Waals surface area contributed by atoms with E-state index in [1.54, 1.807) is 31.3 Å². The van der Waals surface area contributed by atoms with E-state index in [1.165, 1.54) is 4.90 Å². The van der Waals surface area contributed by atoms with Crippen molar-refractivity contribution in [3.05, 3.63) is 69.5 Å². The molecule has 0 unspecified atom stereocenters. The Hall–Kier alpha value is -2.18. The van der Waals surface area contributed by atoms with E-state index in [2.05, 4.69) is 26.1 Å². The summed E-state index contributed by atoms with van der Waals surface area (Å²) in [7, 11) is 1.67. The maximum absolute atomic E-state index is 12.4. The number of aromatic nitrogens is 2. The van der Waals surface area contributed by atoms with Gasteiger partial charge in [0.15, 0.2) is 0 Å². The van der Waals surface area contributed by atoms with Crippen molar-refractivity contribution in [1.29, 1.82) is 0 Å². The van der Waals surface area contributed by atoms with Crippen molar-refractivity contribution in [3.63, 3.8) is 0 Å². The fourth-order valence-electron chi connectivity index (χ4n) is 2.18. The Morgan fingerprint density at radius 2 is 2.04 bits per heavy atom. The van der Waals surface area contributed by atoms with E-state index in [-0.39, 0.29) is 12.5 Å². The highest BCUT2D eigenvalue weighted by atomic mass is 79.9. The third kappa shape index (κ3) is 3.83. The molecule has 1 amide bonds. The second-order valence-corrected chi connectivity index (χ2v) is 6.55. The Kier molecular flexibility index (Phi) is 4.97. The Labute approximate surface area is 152 Å². The molecular weight excluding hydrogens is 394 g/mol. The maximum atomic E-state index is 12.4. The van der Waals surface area contributed by atoms with Gasteiger partial charge in [-0.15, -0.1) is 0 Å². The van der Waals surface area contributed by atoms with Crippen molar-refractivity contribution in [2.75, 3.05) is 7.05 Å². The molecule has 122 valence electrons. The van der Waals surface area contributed by atoms with Crippen LogP contribution in [-0.2, 0) is 6.54 Å². The Bertz CT molecular complexity index is 882. The van der Waals surface area contributed by atoms with E-state index >= 15 is 0 Å². The van der Waals surface area contributed by atoms with Gasteiger partial charge in [0.1, 0.15) is 0 Å². The summed E-state index contributed by atoms with van der Waals surface area (Å²) in [5.74, 6) is 0.678. The smallest absolute Gasteiger partial charge is 0.254 e. The number of carbonyl (C=O) groups excluding carboxylic acids is 1. The van der Waals surface area contributed by atoms with Crippen LogP contribution in [0.15, 0.2) is 57.5 Å². The van der Waals surface area contributed by atoms with Gasteiger partial charge in [-0.1, -0.05) is 50.9 Å². The molecule has 5 nitrogen and oxygen atoms in total. The Morgan fingerprint density at radius 1 is 1.25 bits per heavy atom. The van der Waals surface area contributed by atoms with Gasteiger partial charge in [-0.2, -0.15) is 4.98 Å². The number of hydrogen-bond acceptors (Lipinski definition) is 4. The number of amides is 1. The van der Waals surface area contributed by atoms with Crippen LogP contribution in [-0.4, -0.2) is 28.0 Å². The summed E-state index contributed by atoms with van der Waals surface area (Å²) in [5.41, 5.74) is 1.35. The van der Waals surface area contributed by atoms with Gasteiger partial charge in [-0.3, -0.25) is 4.79 Å². The molecule has 1 heterocycles. The van der Waals surface area contributed by atoms with Gasteiger partial charge >= 0.3 is 0 Å². The van der Waals surface area contributed by atoms with E-state index in [9.17, 15) is 4.79 Å². The predicted molar refractivity (Wildman–Crippen MR) is 94.7 cm³/mol. The van der Waals surface area contributed by atoms with E-state index in [4.69, 9.17) is 16.1 Å². The number of benzene rings is 2. The van der Waals surface area contributed by atoms with Gasteiger partial charge in [0, 0.05) is 27.7 Å². The lowest BCUT2D eigenvalue weighted by Gasteiger charge is -2.14. The van der Waals surface area contributed by atoms with Gasteiger partial charge in [0.2, 0.25) is 11.7 Å². The fourth-order valence-corrected chi connectivity index (χ4v) is 2.77. The first-order valence-corrected chi connectivity index (χ1v) is 8.29. The van der Waals surface area contributed by atoms with Crippen molar-refractivity contribution in [3.8, 4) is 11.4 Å². The molecule has 0 atom stereocenters. The van der Waals surface area contributed by atoms with Gasteiger partial charge < -0.3 is 9.42 Å². The Morgan fingerprint density at radius 3 is 2.79 bits per heavy atom. The molecule has 0 saturated carbocycles. The molecule has 0 N–H and O–H groups in total. The standard InChI is InChI=1S/C17H13BrClN3O2/c1-22(17(23)12-5-3-7-14(19)9-12)10-15-20-16(21-24-15)11-4-2-6-13(18)8-11/h2-9H,10H2,1H3. The molecule has 7 heteroatoms. The van der Waals surface area contributed by atoms with Crippen LogP contribution in [0.4, 0.5) is 0 Å².